The monoisotopic (exact) mass is 447 g/mol. The summed E-state index contributed by atoms with van der Waals surface area (Å²) < 4.78 is 26.0. The van der Waals surface area contributed by atoms with E-state index in [0.717, 1.165) is 67.0 Å². The summed E-state index contributed by atoms with van der Waals surface area (Å²) in [6, 6.07) is 4.46. The third-order valence-electron chi connectivity index (χ3n) is 6.28. The molecule has 0 unspecified atom stereocenters. The van der Waals surface area contributed by atoms with Gasteiger partial charge in [0.2, 0.25) is 10.1 Å². The minimum absolute atomic E-state index is 0.129. The number of aliphatic hydroxyl groups excluding tert-OH is 1. The third kappa shape index (κ3) is 3.89. The zero-order chi connectivity index (χ0) is 21.4. The highest BCUT2D eigenvalue weighted by molar-refractivity contribution is 7.20. The van der Waals surface area contributed by atoms with E-state index in [-0.39, 0.29) is 18.0 Å². The zero-order valence-electron chi connectivity index (χ0n) is 17.4. The molecule has 0 radical (unpaired) electrons. The van der Waals surface area contributed by atoms with Gasteiger partial charge in [-0.25, -0.2) is 13.9 Å². The van der Waals surface area contributed by atoms with Gasteiger partial charge in [-0.15, -0.1) is 5.10 Å². The molecule has 2 saturated heterocycles. The second-order valence-corrected chi connectivity index (χ2v) is 9.21. The Hall–Kier alpha value is -2.27. The van der Waals surface area contributed by atoms with Gasteiger partial charge in [0.05, 0.1) is 38.8 Å². The molecular weight excluding hydrogens is 421 g/mol. The average Bonchev–Trinajstić information content (AvgIpc) is 3.34. The second kappa shape index (κ2) is 8.34. The largest absolute Gasteiger partial charge is 0.496 e. The number of piperidine rings is 1. The molecule has 0 aliphatic carbocycles. The first kappa shape index (κ1) is 20.6. The van der Waals surface area contributed by atoms with E-state index in [4.69, 9.17) is 14.6 Å². The lowest BCUT2D eigenvalue weighted by Gasteiger charge is -2.42. The molecular formula is C21H26FN5O3S. The van der Waals surface area contributed by atoms with Crippen LogP contribution in [0.15, 0.2) is 24.4 Å². The minimum Gasteiger partial charge on any atom is -0.496 e. The van der Waals surface area contributed by atoms with Crippen molar-refractivity contribution < 1.29 is 19.0 Å². The average molecular weight is 448 g/mol. The Balaban J connectivity index is 1.33. The van der Waals surface area contributed by atoms with E-state index < -0.39 is 0 Å². The van der Waals surface area contributed by atoms with Gasteiger partial charge in [0.25, 0.3) is 0 Å². The van der Waals surface area contributed by atoms with Crippen molar-refractivity contribution in [2.45, 2.75) is 18.4 Å². The van der Waals surface area contributed by atoms with E-state index in [0.29, 0.717) is 11.7 Å². The van der Waals surface area contributed by atoms with Crippen LogP contribution in [0.1, 0.15) is 12.8 Å². The molecule has 0 saturated carbocycles. The number of halogens is 1. The molecule has 0 bridgehead atoms. The number of nitrogens with zero attached hydrogens (tertiary/aromatic N) is 4. The molecule has 1 aromatic carbocycles. The molecule has 2 N–H and O–H groups in total. The van der Waals surface area contributed by atoms with Crippen LogP contribution in [-0.4, -0.2) is 71.8 Å². The van der Waals surface area contributed by atoms with Crippen LogP contribution in [0, 0.1) is 11.7 Å². The fraction of sp³-hybridized carbons (Fsp3) is 0.524. The van der Waals surface area contributed by atoms with Gasteiger partial charge in [-0.2, -0.15) is 0 Å². The Kier molecular flexibility index (Phi) is 5.55. The molecule has 3 aromatic rings. The highest BCUT2D eigenvalue weighted by atomic mass is 32.1. The standard InChI is InChI=1S/C21H26FN5O3S/c1-29-18-8-15(22)2-3-16(18)17-10-23-19-27(17)25-20(31-19)26-6-4-21(13-28,5-7-26)24-9-14-11-30-12-14/h2-3,8,10,14,24,28H,4-7,9,11-13H2,1H3. The Morgan fingerprint density at radius 1 is 1.35 bits per heavy atom. The van der Waals surface area contributed by atoms with Gasteiger partial charge in [0.15, 0.2) is 0 Å². The molecule has 2 aliphatic rings. The first-order chi connectivity index (χ1) is 15.1. The second-order valence-electron chi connectivity index (χ2n) is 8.28. The van der Waals surface area contributed by atoms with Crippen LogP contribution < -0.4 is 15.0 Å². The summed E-state index contributed by atoms with van der Waals surface area (Å²) >= 11 is 1.53. The lowest BCUT2D eigenvalue weighted by molar-refractivity contribution is -0.0363. The van der Waals surface area contributed by atoms with E-state index in [1.165, 1.54) is 30.6 Å². The highest BCUT2D eigenvalue weighted by Crippen LogP contribution is 2.35. The topological polar surface area (TPSA) is 84.2 Å². The molecule has 2 aliphatic heterocycles. The number of fused-ring (bicyclic) bond motifs is 1. The van der Waals surface area contributed by atoms with Crippen molar-refractivity contribution >= 4 is 21.4 Å². The Bertz CT molecular complexity index is 1060. The number of aliphatic hydroxyl groups is 1. The van der Waals surface area contributed by atoms with Crippen molar-refractivity contribution in [3.05, 3.63) is 30.2 Å². The van der Waals surface area contributed by atoms with Crippen LogP contribution in [0.5, 0.6) is 5.75 Å². The van der Waals surface area contributed by atoms with Crippen LogP contribution in [0.25, 0.3) is 16.2 Å². The summed E-state index contributed by atoms with van der Waals surface area (Å²) in [6.07, 6.45) is 3.43. The van der Waals surface area contributed by atoms with Crippen LogP contribution in [0.4, 0.5) is 9.52 Å². The summed E-state index contributed by atoms with van der Waals surface area (Å²) in [5.74, 6) is 0.652. The SMILES string of the molecule is COc1cc(F)ccc1-c1cnc2sc(N3CCC(CO)(NCC4COC4)CC3)nn12. The van der Waals surface area contributed by atoms with Crippen molar-refractivity contribution in [1.82, 2.24) is 19.9 Å². The van der Waals surface area contributed by atoms with Crippen molar-refractivity contribution in [2.75, 3.05) is 51.5 Å². The predicted octanol–water partition coefficient (Wildman–Crippen LogP) is 2.17. The van der Waals surface area contributed by atoms with Crippen molar-refractivity contribution in [1.29, 1.82) is 0 Å². The highest BCUT2D eigenvalue weighted by Gasteiger charge is 2.36. The smallest absolute Gasteiger partial charge is 0.214 e. The lowest BCUT2D eigenvalue weighted by Crippen LogP contribution is -2.58. The summed E-state index contributed by atoms with van der Waals surface area (Å²) in [7, 11) is 1.52. The van der Waals surface area contributed by atoms with Gasteiger partial charge in [0.1, 0.15) is 11.6 Å². The fourth-order valence-corrected chi connectivity index (χ4v) is 5.08. The van der Waals surface area contributed by atoms with E-state index in [1.54, 1.807) is 16.8 Å². The number of methoxy groups -OCH3 is 1. The maximum absolute atomic E-state index is 13.6. The normalized spacial score (nSPS) is 19.0. The van der Waals surface area contributed by atoms with Gasteiger partial charge in [-0.3, -0.25) is 0 Å². The van der Waals surface area contributed by atoms with Crippen LogP contribution in [-0.2, 0) is 4.74 Å². The Morgan fingerprint density at radius 3 is 2.84 bits per heavy atom. The minimum atomic E-state index is -0.348. The molecule has 0 atom stereocenters. The predicted molar refractivity (Wildman–Crippen MR) is 116 cm³/mol. The first-order valence-corrected chi connectivity index (χ1v) is 11.3. The van der Waals surface area contributed by atoms with Gasteiger partial charge in [-0.05, 0) is 25.0 Å². The number of anilines is 1. The number of imidazole rings is 1. The fourth-order valence-electron chi connectivity index (χ4n) is 4.15. The van der Waals surface area contributed by atoms with Crippen LogP contribution >= 0.6 is 11.3 Å². The van der Waals surface area contributed by atoms with E-state index in [1.807, 2.05) is 0 Å². The molecule has 0 amide bonds. The zero-order valence-corrected chi connectivity index (χ0v) is 18.2. The summed E-state index contributed by atoms with van der Waals surface area (Å²) in [6.45, 7) is 4.24. The lowest BCUT2D eigenvalue weighted by atomic mass is 9.87. The number of hydrogen-bond acceptors (Lipinski definition) is 8. The molecule has 5 rings (SSSR count). The van der Waals surface area contributed by atoms with E-state index in [9.17, 15) is 9.50 Å². The van der Waals surface area contributed by atoms with Crippen molar-refractivity contribution in [3.8, 4) is 17.0 Å². The molecule has 10 heteroatoms. The number of ether oxygens (including phenoxy) is 2. The van der Waals surface area contributed by atoms with Crippen LogP contribution in [0.3, 0.4) is 0 Å². The van der Waals surface area contributed by atoms with E-state index >= 15 is 0 Å². The van der Waals surface area contributed by atoms with Gasteiger partial charge in [-0.1, -0.05) is 11.3 Å². The van der Waals surface area contributed by atoms with E-state index in [2.05, 4.69) is 15.2 Å². The molecule has 166 valence electrons. The molecule has 0 spiro atoms. The summed E-state index contributed by atoms with van der Waals surface area (Å²) in [4.78, 5) is 7.52. The summed E-state index contributed by atoms with van der Waals surface area (Å²) in [5, 5.41) is 19.3. The number of benzene rings is 1. The third-order valence-corrected chi connectivity index (χ3v) is 7.26. The molecule has 4 heterocycles. The quantitative estimate of drug-likeness (QED) is 0.574. The molecule has 8 nitrogen and oxygen atoms in total. The van der Waals surface area contributed by atoms with Gasteiger partial charge < -0.3 is 24.8 Å². The number of nitrogens with one attached hydrogen (secondary N) is 1. The van der Waals surface area contributed by atoms with Crippen molar-refractivity contribution in [2.24, 2.45) is 5.92 Å². The Labute approximate surface area is 183 Å². The molecule has 31 heavy (non-hydrogen) atoms. The molecule has 2 fully saturated rings. The number of hydrogen-bond donors (Lipinski definition) is 2. The summed E-state index contributed by atoms with van der Waals surface area (Å²) in [5.41, 5.74) is 1.27. The van der Waals surface area contributed by atoms with Gasteiger partial charge >= 0.3 is 0 Å². The number of aromatic nitrogens is 3. The van der Waals surface area contributed by atoms with Crippen molar-refractivity contribution in [3.63, 3.8) is 0 Å². The maximum Gasteiger partial charge on any atom is 0.214 e. The van der Waals surface area contributed by atoms with Gasteiger partial charge in [0, 0.05) is 42.7 Å². The maximum atomic E-state index is 13.6. The van der Waals surface area contributed by atoms with Crippen LogP contribution in [0.2, 0.25) is 0 Å². The number of rotatable bonds is 7. The molecule has 2 aromatic heterocycles. The Morgan fingerprint density at radius 2 is 2.16 bits per heavy atom. The first-order valence-electron chi connectivity index (χ1n) is 10.5.